The van der Waals surface area contributed by atoms with Gasteiger partial charge in [-0.15, -0.1) is 0 Å². The minimum Gasteiger partial charge on any atom is -0.427 e. The molecule has 1 saturated heterocycles. The van der Waals surface area contributed by atoms with Gasteiger partial charge in [-0.3, -0.25) is 24.2 Å². The summed E-state index contributed by atoms with van der Waals surface area (Å²) in [5.41, 5.74) is 2.95. The Hall–Kier alpha value is -3.83. The van der Waals surface area contributed by atoms with Gasteiger partial charge in [-0.25, -0.2) is 8.42 Å². The molecular formula is C34H42N4O5S. The molecule has 1 aromatic heterocycles. The standard InChI is InChI=1S/C30H32N4O5S.C4H8.H2/c1-23(35)39-28-9-2-6-25(20-28)21-33-16-5-17-34(19-18-33)38-22-24-11-13-27(14-12-24)32-40(36,37)29-10-3-7-26-8-4-15-31-30(26)29;1-2-4-3-1;/h2-4,6-15,20,32H,5,16-19,21-22H2,1H3;1-4H2;1H. The number of aromatic nitrogens is 1. The summed E-state index contributed by atoms with van der Waals surface area (Å²) in [7, 11) is -3.80. The van der Waals surface area contributed by atoms with Crippen LogP contribution in [-0.2, 0) is 32.8 Å². The van der Waals surface area contributed by atoms with E-state index in [-0.39, 0.29) is 12.3 Å². The Bertz CT molecular complexity index is 1640. The van der Waals surface area contributed by atoms with Crippen molar-refractivity contribution in [2.45, 2.75) is 57.1 Å². The zero-order valence-electron chi connectivity index (χ0n) is 25.2. The van der Waals surface area contributed by atoms with Crippen LogP contribution in [0.5, 0.6) is 5.75 Å². The Morgan fingerprint density at radius 2 is 1.61 bits per heavy atom. The monoisotopic (exact) mass is 618 g/mol. The van der Waals surface area contributed by atoms with Crippen molar-refractivity contribution in [3.8, 4) is 5.75 Å². The van der Waals surface area contributed by atoms with Gasteiger partial charge in [-0.05, 0) is 60.5 Å². The number of fused-ring (bicyclic) bond motifs is 1. The molecule has 0 unspecified atom stereocenters. The van der Waals surface area contributed by atoms with Crippen LogP contribution in [0.1, 0.15) is 51.6 Å². The first-order valence-electron chi connectivity index (χ1n) is 15.2. The van der Waals surface area contributed by atoms with Crippen LogP contribution in [0.25, 0.3) is 10.9 Å². The number of carbonyl (C=O) groups excluding carboxylic acids is 1. The van der Waals surface area contributed by atoms with Gasteiger partial charge in [0.25, 0.3) is 10.0 Å². The van der Waals surface area contributed by atoms with Gasteiger partial charge >= 0.3 is 5.97 Å². The number of carbonyl (C=O) groups is 1. The Labute approximate surface area is 261 Å². The highest BCUT2D eigenvalue weighted by atomic mass is 32.2. The second kappa shape index (κ2) is 15.3. The van der Waals surface area contributed by atoms with Gasteiger partial charge in [0.2, 0.25) is 0 Å². The highest BCUT2D eigenvalue weighted by molar-refractivity contribution is 7.93. The van der Waals surface area contributed by atoms with E-state index in [1.54, 1.807) is 42.6 Å². The number of ether oxygens (including phenoxy) is 1. The van der Waals surface area contributed by atoms with Gasteiger partial charge in [0.1, 0.15) is 10.6 Å². The van der Waals surface area contributed by atoms with E-state index in [0.29, 0.717) is 23.6 Å². The molecule has 0 radical (unpaired) electrons. The third-order valence-corrected chi connectivity index (χ3v) is 9.03. The molecule has 4 aromatic rings. The topological polar surface area (TPSA) is 101 Å². The molecule has 2 heterocycles. The lowest BCUT2D eigenvalue weighted by atomic mass is 10.0. The summed E-state index contributed by atoms with van der Waals surface area (Å²) in [6.07, 6.45) is 8.55. The fourth-order valence-corrected chi connectivity index (χ4v) is 6.19. The number of sulfonamides is 1. The van der Waals surface area contributed by atoms with Crippen LogP contribution in [0, 0.1) is 0 Å². The van der Waals surface area contributed by atoms with Gasteiger partial charge in [-0.2, -0.15) is 5.06 Å². The number of hydrogen-bond donors (Lipinski definition) is 1. The largest absolute Gasteiger partial charge is 0.427 e. The molecule has 6 rings (SSSR count). The van der Waals surface area contributed by atoms with E-state index < -0.39 is 10.0 Å². The third kappa shape index (κ3) is 9.09. The highest BCUT2D eigenvalue weighted by Crippen LogP contribution is 2.24. The van der Waals surface area contributed by atoms with Crippen molar-refractivity contribution >= 4 is 32.6 Å². The van der Waals surface area contributed by atoms with Crippen molar-refractivity contribution in [3.63, 3.8) is 0 Å². The van der Waals surface area contributed by atoms with Crippen LogP contribution < -0.4 is 9.46 Å². The van der Waals surface area contributed by atoms with Crippen LogP contribution in [0.3, 0.4) is 0 Å². The molecular weight excluding hydrogens is 576 g/mol. The number of rotatable bonds is 9. The maximum absolute atomic E-state index is 13.1. The number of anilines is 1. The molecule has 3 aromatic carbocycles. The minimum absolute atomic E-state index is 0. The molecule has 2 aliphatic rings. The molecule has 10 heteroatoms. The Kier molecular flexibility index (Phi) is 11.0. The SMILES string of the molecule is C1CCC1.CC(=O)Oc1cccc(CN2CCCN(OCc3ccc(NS(=O)(=O)c4cccc5cccnc45)cc3)CC2)c1.[HH]. The lowest BCUT2D eigenvalue weighted by Gasteiger charge is -2.22. The number of hydrogen-bond acceptors (Lipinski definition) is 8. The molecule has 9 nitrogen and oxygen atoms in total. The summed E-state index contributed by atoms with van der Waals surface area (Å²) in [6.45, 7) is 5.94. The number of esters is 1. The molecule has 1 saturated carbocycles. The summed E-state index contributed by atoms with van der Waals surface area (Å²) in [5, 5.41) is 2.75. The molecule has 2 fully saturated rings. The van der Waals surface area contributed by atoms with Crippen molar-refractivity contribution in [1.82, 2.24) is 14.9 Å². The Morgan fingerprint density at radius 1 is 0.864 bits per heavy atom. The first-order valence-corrected chi connectivity index (χ1v) is 16.7. The molecule has 1 aliphatic heterocycles. The smallest absolute Gasteiger partial charge is 0.308 e. The predicted molar refractivity (Wildman–Crippen MR) is 174 cm³/mol. The first-order chi connectivity index (χ1) is 21.4. The molecule has 0 spiro atoms. The number of hydroxylamine groups is 2. The summed E-state index contributed by atoms with van der Waals surface area (Å²) in [6, 6.07) is 23.6. The molecule has 0 atom stereocenters. The average molecular weight is 619 g/mol. The van der Waals surface area contributed by atoms with Crippen molar-refractivity contribution in [2.24, 2.45) is 0 Å². The van der Waals surface area contributed by atoms with Crippen LogP contribution in [0.4, 0.5) is 5.69 Å². The zero-order chi connectivity index (χ0) is 30.8. The molecule has 44 heavy (non-hydrogen) atoms. The van der Waals surface area contributed by atoms with Crippen molar-refractivity contribution < 1.29 is 24.2 Å². The summed E-state index contributed by atoms with van der Waals surface area (Å²) < 4.78 is 34.0. The molecule has 234 valence electrons. The van der Waals surface area contributed by atoms with E-state index in [4.69, 9.17) is 9.57 Å². The van der Waals surface area contributed by atoms with Crippen LogP contribution in [-0.4, -0.2) is 55.5 Å². The second-order valence-corrected chi connectivity index (χ2v) is 12.8. The lowest BCUT2D eigenvalue weighted by molar-refractivity contribution is -0.166. The van der Waals surface area contributed by atoms with Crippen molar-refractivity contribution in [3.05, 3.63) is 96.2 Å². The van der Waals surface area contributed by atoms with Gasteiger partial charge < -0.3 is 4.74 Å². The molecule has 0 bridgehead atoms. The maximum Gasteiger partial charge on any atom is 0.308 e. The fraction of sp³-hybridized carbons (Fsp3) is 0.353. The van der Waals surface area contributed by atoms with E-state index in [2.05, 4.69) is 14.6 Å². The quantitative estimate of drug-likeness (QED) is 0.170. The zero-order valence-corrected chi connectivity index (χ0v) is 26.0. The van der Waals surface area contributed by atoms with Crippen molar-refractivity contribution in [1.29, 1.82) is 0 Å². The summed E-state index contributed by atoms with van der Waals surface area (Å²) in [5.74, 6) is 0.239. The molecule has 0 amide bonds. The number of benzene rings is 3. The average Bonchev–Trinajstić information content (AvgIpc) is 3.20. The molecule has 1 aliphatic carbocycles. The van der Waals surface area contributed by atoms with E-state index in [1.165, 1.54) is 32.6 Å². The number of nitrogens with one attached hydrogen (secondary N) is 1. The van der Waals surface area contributed by atoms with Gasteiger partial charge in [0.05, 0.1) is 12.1 Å². The number of nitrogens with zero attached hydrogens (tertiary/aromatic N) is 3. The van der Waals surface area contributed by atoms with Crippen LogP contribution in [0.15, 0.2) is 90.0 Å². The normalized spacial score (nSPS) is 15.8. The number of pyridine rings is 1. The van der Waals surface area contributed by atoms with Gasteiger partial charge in [-0.1, -0.05) is 68.1 Å². The second-order valence-electron chi connectivity index (χ2n) is 11.1. The lowest BCUT2D eigenvalue weighted by Crippen LogP contribution is -2.30. The van der Waals surface area contributed by atoms with Gasteiger partial charge in [0, 0.05) is 51.8 Å². The van der Waals surface area contributed by atoms with E-state index >= 15 is 0 Å². The van der Waals surface area contributed by atoms with Crippen LogP contribution in [0.2, 0.25) is 0 Å². The Morgan fingerprint density at radius 3 is 2.36 bits per heavy atom. The molecule has 1 N–H and O–H groups in total. The summed E-state index contributed by atoms with van der Waals surface area (Å²) >= 11 is 0. The fourth-order valence-electron chi connectivity index (χ4n) is 4.95. The van der Waals surface area contributed by atoms with E-state index in [9.17, 15) is 13.2 Å². The van der Waals surface area contributed by atoms with E-state index in [0.717, 1.165) is 55.7 Å². The van der Waals surface area contributed by atoms with Crippen LogP contribution >= 0.6 is 0 Å². The summed E-state index contributed by atoms with van der Waals surface area (Å²) in [4.78, 5) is 24.1. The first kappa shape index (κ1) is 31.6. The highest BCUT2D eigenvalue weighted by Gasteiger charge is 2.19. The number of para-hydroxylation sites is 1. The van der Waals surface area contributed by atoms with E-state index in [1.807, 2.05) is 47.5 Å². The minimum atomic E-state index is -3.80. The maximum atomic E-state index is 13.1. The Balaban J connectivity index is 0.000000854. The van der Waals surface area contributed by atoms with Gasteiger partial charge in [0.15, 0.2) is 0 Å². The predicted octanol–water partition coefficient (Wildman–Crippen LogP) is 6.41. The third-order valence-electron chi connectivity index (χ3n) is 7.62. The van der Waals surface area contributed by atoms with Crippen molar-refractivity contribution in [2.75, 3.05) is 30.9 Å².